The van der Waals surface area contributed by atoms with Crippen LogP contribution in [-0.4, -0.2) is 53.6 Å². The second kappa shape index (κ2) is 3.97. The van der Waals surface area contributed by atoms with Crippen LogP contribution in [0.5, 0.6) is 0 Å². The van der Waals surface area contributed by atoms with Crippen molar-refractivity contribution in [1.29, 1.82) is 0 Å². The van der Waals surface area contributed by atoms with Gasteiger partial charge in [-0.25, -0.2) is 0 Å². The number of likely N-dealkylation sites (N-methyl/N-ethyl adjacent to an activating group) is 1. The van der Waals surface area contributed by atoms with Crippen LogP contribution >= 0.6 is 0 Å². The molecule has 0 aromatic carbocycles. The number of nitrogens with two attached hydrogens (primary N) is 1. The van der Waals surface area contributed by atoms with Gasteiger partial charge in [0, 0.05) is 25.2 Å². The fraction of sp³-hybridized carbons (Fsp3) is 1.00. The third kappa shape index (κ3) is 1.45. The summed E-state index contributed by atoms with van der Waals surface area (Å²) < 4.78 is 0. The molecule has 0 aromatic heterocycles. The lowest BCUT2D eigenvalue weighted by molar-refractivity contribution is 0.0624. The molecular formula is C13H25N3. The van der Waals surface area contributed by atoms with Crippen LogP contribution in [0.15, 0.2) is 0 Å². The molecule has 2 N–H and O–H groups in total. The third-order valence-electron chi connectivity index (χ3n) is 5.07. The predicted molar refractivity (Wildman–Crippen MR) is 66.4 cm³/mol. The third-order valence-corrected chi connectivity index (χ3v) is 5.07. The molecule has 0 aromatic rings. The van der Waals surface area contributed by atoms with E-state index in [1.165, 1.54) is 51.7 Å². The molecule has 2 atom stereocenters. The Bertz CT molecular complexity index is 264. The van der Waals surface area contributed by atoms with Gasteiger partial charge in [-0.05, 0) is 45.2 Å². The Kier molecular flexibility index (Phi) is 2.73. The molecule has 0 spiro atoms. The van der Waals surface area contributed by atoms with Crippen LogP contribution in [0.2, 0.25) is 0 Å². The molecule has 0 amide bonds. The van der Waals surface area contributed by atoms with Crippen LogP contribution in [0.25, 0.3) is 0 Å². The second-order valence-electron chi connectivity index (χ2n) is 5.77. The van der Waals surface area contributed by atoms with Crippen LogP contribution in [-0.2, 0) is 0 Å². The first-order valence-corrected chi connectivity index (χ1v) is 7.02. The predicted octanol–water partition coefficient (Wildman–Crippen LogP) is 1.04. The maximum atomic E-state index is 6.20. The molecular weight excluding hydrogens is 198 g/mol. The number of hydrogen-bond donors (Lipinski definition) is 1. The van der Waals surface area contributed by atoms with E-state index < -0.39 is 0 Å². The first-order chi connectivity index (χ1) is 7.81. The molecule has 2 aliphatic heterocycles. The summed E-state index contributed by atoms with van der Waals surface area (Å²) in [6.45, 7) is 6.96. The molecule has 2 unspecified atom stereocenters. The standard InChI is InChI=1S/C13H25N3/c1-2-16(11-5-6-11)13(10-14)7-9-15-8-3-4-12(13)15/h11-12H,2-10,14H2,1H3. The average molecular weight is 223 g/mol. The van der Waals surface area contributed by atoms with Crippen molar-refractivity contribution < 1.29 is 0 Å². The van der Waals surface area contributed by atoms with Gasteiger partial charge >= 0.3 is 0 Å². The van der Waals surface area contributed by atoms with E-state index in [4.69, 9.17) is 5.73 Å². The zero-order valence-electron chi connectivity index (χ0n) is 10.5. The minimum Gasteiger partial charge on any atom is -0.329 e. The number of nitrogens with zero attached hydrogens (tertiary/aromatic N) is 2. The molecule has 3 aliphatic rings. The van der Waals surface area contributed by atoms with E-state index in [-0.39, 0.29) is 0 Å². The summed E-state index contributed by atoms with van der Waals surface area (Å²) in [5.74, 6) is 0. The monoisotopic (exact) mass is 223 g/mol. The Labute approximate surface area is 99.0 Å². The van der Waals surface area contributed by atoms with E-state index in [1.54, 1.807) is 0 Å². The molecule has 16 heavy (non-hydrogen) atoms. The van der Waals surface area contributed by atoms with Crippen molar-refractivity contribution in [1.82, 2.24) is 9.80 Å². The van der Waals surface area contributed by atoms with Crippen molar-refractivity contribution in [3.8, 4) is 0 Å². The highest BCUT2D eigenvalue weighted by molar-refractivity contribution is 5.12. The van der Waals surface area contributed by atoms with Gasteiger partial charge in [0.25, 0.3) is 0 Å². The van der Waals surface area contributed by atoms with Gasteiger partial charge in [-0.3, -0.25) is 9.80 Å². The Hall–Kier alpha value is -0.120. The van der Waals surface area contributed by atoms with Crippen LogP contribution in [0.4, 0.5) is 0 Å². The summed E-state index contributed by atoms with van der Waals surface area (Å²) in [7, 11) is 0. The maximum absolute atomic E-state index is 6.20. The first-order valence-electron chi connectivity index (χ1n) is 7.02. The number of fused-ring (bicyclic) bond motifs is 1. The largest absolute Gasteiger partial charge is 0.329 e. The Balaban J connectivity index is 1.86. The van der Waals surface area contributed by atoms with Gasteiger partial charge in [0.05, 0.1) is 5.54 Å². The topological polar surface area (TPSA) is 32.5 Å². The summed E-state index contributed by atoms with van der Waals surface area (Å²) in [5.41, 5.74) is 6.52. The summed E-state index contributed by atoms with van der Waals surface area (Å²) in [6, 6.07) is 1.62. The first kappa shape index (κ1) is 11.0. The van der Waals surface area contributed by atoms with Gasteiger partial charge in [-0.2, -0.15) is 0 Å². The molecule has 0 radical (unpaired) electrons. The lowest BCUT2D eigenvalue weighted by atomic mass is 9.86. The Morgan fingerprint density at radius 1 is 1.31 bits per heavy atom. The van der Waals surface area contributed by atoms with Crippen molar-refractivity contribution in [2.24, 2.45) is 5.73 Å². The Morgan fingerprint density at radius 2 is 2.12 bits per heavy atom. The van der Waals surface area contributed by atoms with Crippen molar-refractivity contribution in [2.45, 2.75) is 56.7 Å². The van der Waals surface area contributed by atoms with E-state index in [9.17, 15) is 0 Å². The zero-order chi connectivity index (χ0) is 11.2. The minimum absolute atomic E-state index is 0.326. The molecule has 2 heterocycles. The summed E-state index contributed by atoms with van der Waals surface area (Å²) in [4.78, 5) is 5.45. The van der Waals surface area contributed by atoms with Gasteiger partial charge in [0.1, 0.15) is 0 Å². The second-order valence-corrected chi connectivity index (χ2v) is 5.77. The van der Waals surface area contributed by atoms with Gasteiger partial charge in [-0.1, -0.05) is 6.92 Å². The lowest BCUT2D eigenvalue weighted by Crippen LogP contribution is -2.60. The molecule has 1 aliphatic carbocycles. The van der Waals surface area contributed by atoms with Crippen LogP contribution in [0.3, 0.4) is 0 Å². The zero-order valence-corrected chi connectivity index (χ0v) is 10.5. The Morgan fingerprint density at radius 3 is 2.75 bits per heavy atom. The number of hydrogen-bond acceptors (Lipinski definition) is 3. The summed E-state index contributed by atoms with van der Waals surface area (Å²) in [6.07, 6.45) is 6.87. The van der Waals surface area contributed by atoms with E-state index in [1.807, 2.05) is 0 Å². The average Bonchev–Trinajstić information content (AvgIpc) is 2.91. The maximum Gasteiger partial charge on any atom is 0.0501 e. The molecule has 3 nitrogen and oxygen atoms in total. The van der Waals surface area contributed by atoms with Gasteiger partial charge in [-0.15, -0.1) is 0 Å². The van der Waals surface area contributed by atoms with E-state index in [0.29, 0.717) is 5.54 Å². The van der Waals surface area contributed by atoms with E-state index in [0.717, 1.165) is 18.6 Å². The van der Waals surface area contributed by atoms with Crippen LogP contribution in [0, 0.1) is 0 Å². The van der Waals surface area contributed by atoms with Crippen LogP contribution < -0.4 is 5.73 Å². The summed E-state index contributed by atoms with van der Waals surface area (Å²) >= 11 is 0. The van der Waals surface area contributed by atoms with Gasteiger partial charge in [0.2, 0.25) is 0 Å². The smallest absolute Gasteiger partial charge is 0.0501 e. The quantitative estimate of drug-likeness (QED) is 0.773. The van der Waals surface area contributed by atoms with Crippen LogP contribution in [0.1, 0.15) is 39.0 Å². The minimum atomic E-state index is 0.326. The molecule has 2 saturated heterocycles. The van der Waals surface area contributed by atoms with E-state index >= 15 is 0 Å². The summed E-state index contributed by atoms with van der Waals surface area (Å²) in [5, 5.41) is 0. The fourth-order valence-corrected chi connectivity index (χ4v) is 4.22. The molecule has 3 rings (SSSR count). The molecule has 1 saturated carbocycles. The molecule has 3 fully saturated rings. The molecule has 92 valence electrons. The number of rotatable bonds is 4. The SMILES string of the molecule is CCN(C1CC1)C1(CN)CCN2CCCC21. The fourth-order valence-electron chi connectivity index (χ4n) is 4.22. The molecule has 3 heteroatoms. The highest BCUT2D eigenvalue weighted by Gasteiger charge is 2.54. The van der Waals surface area contributed by atoms with Crippen molar-refractivity contribution in [2.75, 3.05) is 26.2 Å². The van der Waals surface area contributed by atoms with E-state index in [2.05, 4.69) is 16.7 Å². The van der Waals surface area contributed by atoms with Crippen molar-refractivity contribution in [3.63, 3.8) is 0 Å². The highest BCUT2D eigenvalue weighted by Crippen LogP contribution is 2.44. The van der Waals surface area contributed by atoms with Gasteiger partial charge in [0.15, 0.2) is 0 Å². The normalized spacial score (nSPS) is 39.6. The van der Waals surface area contributed by atoms with Gasteiger partial charge < -0.3 is 5.73 Å². The van der Waals surface area contributed by atoms with Crippen molar-refractivity contribution in [3.05, 3.63) is 0 Å². The lowest BCUT2D eigenvalue weighted by Gasteiger charge is -2.44. The highest BCUT2D eigenvalue weighted by atomic mass is 15.4. The van der Waals surface area contributed by atoms with Crippen molar-refractivity contribution >= 4 is 0 Å². The molecule has 0 bridgehead atoms.